The molecular formula is C10H6F3N3. The Morgan fingerprint density at radius 2 is 1.62 bits per heavy atom. The number of hydrogen-bond donors (Lipinski definition) is 1. The van der Waals surface area contributed by atoms with Crippen LogP contribution in [-0.2, 0) is 0 Å². The molecular weight excluding hydrogens is 219 g/mol. The van der Waals surface area contributed by atoms with E-state index in [4.69, 9.17) is 5.73 Å². The maximum Gasteiger partial charge on any atom is 0.161 e. The van der Waals surface area contributed by atoms with Crippen molar-refractivity contribution in [1.29, 1.82) is 0 Å². The van der Waals surface area contributed by atoms with Crippen LogP contribution in [0.25, 0.3) is 11.3 Å². The molecule has 0 aliphatic carbocycles. The third kappa shape index (κ3) is 1.81. The lowest BCUT2D eigenvalue weighted by Crippen LogP contribution is -1.97. The summed E-state index contributed by atoms with van der Waals surface area (Å²) >= 11 is 0. The van der Waals surface area contributed by atoms with E-state index in [0.717, 1.165) is 0 Å². The highest BCUT2D eigenvalue weighted by molar-refractivity contribution is 5.60. The average Bonchev–Trinajstić information content (AvgIpc) is 2.23. The number of benzene rings is 1. The fourth-order valence-electron chi connectivity index (χ4n) is 1.23. The minimum atomic E-state index is -1.25. The number of hydrogen-bond acceptors (Lipinski definition) is 3. The molecule has 0 fully saturated rings. The second-order valence-corrected chi connectivity index (χ2v) is 3.08. The lowest BCUT2D eigenvalue weighted by molar-refractivity contribution is 0.496. The Bertz CT molecular complexity index is 543. The highest BCUT2D eigenvalue weighted by atomic mass is 19.2. The molecule has 1 heterocycles. The molecule has 0 saturated heterocycles. The molecule has 82 valence electrons. The van der Waals surface area contributed by atoms with Gasteiger partial charge in [-0.3, -0.25) is 4.98 Å². The second kappa shape index (κ2) is 3.80. The van der Waals surface area contributed by atoms with Crippen molar-refractivity contribution in [3.05, 3.63) is 42.0 Å². The first-order valence-corrected chi connectivity index (χ1v) is 4.30. The molecule has 0 bridgehead atoms. The predicted octanol–water partition coefficient (Wildman–Crippen LogP) is 2.14. The Morgan fingerprint density at radius 3 is 2.31 bits per heavy atom. The fraction of sp³-hybridized carbons (Fsp3) is 0. The Balaban J connectivity index is 2.60. The molecule has 2 N–H and O–H groups in total. The number of nitrogens with two attached hydrogens (primary N) is 1. The Kier molecular flexibility index (Phi) is 2.47. The third-order valence-corrected chi connectivity index (χ3v) is 1.94. The van der Waals surface area contributed by atoms with Gasteiger partial charge in [-0.2, -0.15) is 0 Å². The molecule has 0 amide bonds. The highest BCUT2D eigenvalue weighted by Crippen LogP contribution is 2.23. The van der Waals surface area contributed by atoms with Gasteiger partial charge in [-0.1, -0.05) is 0 Å². The summed E-state index contributed by atoms with van der Waals surface area (Å²) in [6.07, 6.45) is 2.48. The van der Waals surface area contributed by atoms with Crippen LogP contribution in [-0.4, -0.2) is 9.97 Å². The van der Waals surface area contributed by atoms with Crippen LogP contribution < -0.4 is 5.73 Å². The minimum Gasteiger partial charge on any atom is -0.382 e. The molecule has 6 heteroatoms. The molecule has 2 rings (SSSR count). The van der Waals surface area contributed by atoms with Gasteiger partial charge >= 0.3 is 0 Å². The molecule has 0 aliphatic rings. The van der Waals surface area contributed by atoms with Crippen molar-refractivity contribution in [2.75, 3.05) is 5.73 Å². The van der Waals surface area contributed by atoms with Gasteiger partial charge in [0.25, 0.3) is 0 Å². The van der Waals surface area contributed by atoms with Crippen molar-refractivity contribution in [2.24, 2.45) is 0 Å². The molecule has 3 nitrogen and oxygen atoms in total. The number of nitrogen functional groups attached to an aromatic ring is 1. The molecule has 0 aliphatic heterocycles. The molecule has 0 unspecified atom stereocenters. The number of halogens is 3. The molecule has 0 spiro atoms. The molecule has 2 aromatic rings. The Labute approximate surface area is 88.8 Å². The summed E-state index contributed by atoms with van der Waals surface area (Å²) in [4.78, 5) is 7.44. The predicted molar refractivity (Wildman–Crippen MR) is 51.8 cm³/mol. The van der Waals surface area contributed by atoms with Gasteiger partial charge in [0.05, 0.1) is 18.1 Å². The van der Waals surface area contributed by atoms with Crippen LogP contribution in [0.1, 0.15) is 0 Å². The normalized spacial score (nSPS) is 10.4. The van der Waals surface area contributed by atoms with Crippen LogP contribution in [0.2, 0.25) is 0 Å². The molecule has 0 radical (unpaired) electrons. The first-order valence-electron chi connectivity index (χ1n) is 4.30. The van der Waals surface area contributed by atoms with Gasteiger partial charge in [-0.15, -0.1) is 0 Å². The van der Waals surface area contributed by atoms with Crippen LogP contribution in [0.15, 0.2) is 24.5 Å². The van der Waals surface area contributed by atoms with E-state index in [9.17, 15) is 13.2 Å². The standard InChI is InChI=1S/C10H6F3N3/c11-6-2-8(13)7(12)1-5(6)9-3-15-4-10(14)16-9/h1-4H,(H2,14,16). The molecule has 0 saturated carbocycles. The van der Waals surface area contributed by atoms with Crippen LogP contribution in [0.5, 0.6) is 0 Å². The van der Waals surface area contributed by atoms with E-state index in [0.29, 0.717) is 12.1 Å². The average molecular weight is 225 g/mol. The minimum absolute atomic E-state index is 0.0522. The summed E-state index contributed by atoms with van der Waals surface area (Å²) in [6, 6.07) is 1.17. The monoisotopic (exact) mass is 225 g/mol. The topological polar surface area (TPSA) is 51.8 Å². The van der Waals surface area contributed by atoms with Crippen molar-refractivity contribution in [1.82, 2.24) is 9.97 Å². The van der Waals surface area contributed by atoms with E-state index >= 15 is 0 Å². The van der Waals surface area contributed by atoms with Crippen molar-refractivity contribution in [3.63, 3.8) is 0 Å². The van der Waals surface area contributed by atoms with Gasteiger partial charge < -0.3 is 5.73 Å². The van der Waals surface area contributed by atoms with Gasteiger partial charge in [-0.25, -0.2) is 18.2 Å². The van der Waals surface area contributed by atoms with Gasteiger partial charge in [0.1, 0.15) is 11.6 Å². The largest absolute Gasteiger partial charge is 0.382 e. The summed E-state index contributed by atoms with van der Waals surface area (Å²) in [5.74, 6) is -3.25. The lowest BCUT2D eigenvalue weighted by Gasteiger charge is -2.03. The second-order valence-electron chi connectivity index (χ2n) is 3.08. The fourth-order valence-corrected chi connectivity index (χ4v) is 1.23. The number of rotatable bonds is 1. The highest BCUT2D eigenvalue weighted by Gasteiger charge is 2.12. The smallest absolute Gasteiger partial charge is 0.161 e. The molecule has 16 heavy (non-hydrogen) atoms. The Morgan fingerprint density at radius 1 is 0.938 bits per heavy atom. The number of anilines is 1. The van der Waals surface area contributed by atoms with E-state index in [-0.39, 0.29) is 17.1 Å². The van der Waals surface area contributed by atoms with Gasteiger partial charge in [0.2, 0.25) is 0 Å². The maximum absolute atomic E-state index is 13.3. The Hall–Kier alpha value is -2.11. The van der Waals surface area contributed by atoms with Gasteiger partial charge in [0.15, 0.2) is 11.6 Å². The van der Waals surface area contributed by atoms with Crippen LogP contribution in [0, 0.1) is 17.5 Å². The van der Waals surface area contributed by atoms with E-state index in [1.54, 1.807) is 0 Å². The maximum atomic E-state index is 13.3. The van der Waals surface area contributed by atoms with Gasteiger partial charge in [-0.05, 0) is 6.07 Å². The zero-order valence-corrected chi connectivity index (χ0v) is 7.92. The van der Waals surface area contributed by atoms with Crippen LogP contribution in [0.3, 0.4) is 0 Å². The summed E-state index contributed by atoms with van der Waals surface area (Å²) in [7, 11) is 0. The third-order valence-electron chi connectivity index (χ3n) is 1.94. The van der Waals surface area contributed by atoms with E-state index in [1.165, 1.54) is 12.4 Å². The summed E-state index contributed by atoms with van der Waals surface area (Å²) in [5, 5.41) is 0. The summed E-state index contributed by atoms with van der Waals surface area (Å²) in [6.45, 7) is 0. The first kappa shape index (κ1) is 10.4. The van der Waals surface area contributed by atoms with Crippen molar-refractivity contribution < 1.29 is 13.2 Å². The van der Waals surface area contributed by atoms with Crippen LogP contribution >= 0.6 is 0 Å². The zero-order chi connectivity index (χ0) is 11.7. The molecule has 1 aromatic carbocycles. The van der Waals surface area contributed by atoms with Gasteiger partial charge in [0, 0.05) is 11.6 Å². The van der Waals surface area contributed by atoms with Crippen molar-refractivity contribution in [3.8, 4) is 11.3 Å². The quantitative estimate of drug-likeness (QED) is 0.756. The van der Waals surface area contributed by atoms with E-state index in [2.05, 4.69) is 9.97 Å². The van der Waals surface area contributed by atoms with E-state index < -0.39 is 17.5 Å². The number of aromatic nitrogens is 2. The first-order chi connectivity index (χ1) is 7.58. The molecule has 0 atom stereocenters. The van der Waals surface area contributed by atoms with E-state index in [1.807, 2.05) is 0 Å². The zero-order valence-electron chi connectivity index (χ0n) is 7.92. The summed E-state index contributed by atoms with van der Waals surface area (Å²) < 4.78 is 38.9. The number of nitrogens with zero attached hydrogens (tertiary/aromatic N) is 2. The van der Waals surface area contributed by atoms with Crippen molar-refractivity contribution >= 4 is 5.82 Å². The summed E-state index contributed by atoms with van der Waals surface area (Å²) in [5.41, 5.74) is 5.22. The van der Waals surface area contributed by atoms with Crippen LogP contribution in [0.4, 0.5) is 19.0 Å². The lowest BCUT2D eigenvalue weighted by atomic mass is 10.1. The SMILES string of the molecule is Nc1cncc(-c2cc(F)c(F)cc2F)n1. The molecule has 1 aromatic heterocycles. The van der Waals surface area contributed by atoms with Crippen molar-refractivity contribution in [2.45, 2.75) is 0 Å².